The van der Waals surface area contributed by atoms with Crippen molar-refractivity contribution >= 4 is 32.5 Å². The van der Waals surface area contributed by atoms with Crippen LogP contribution in [-0.2, 0) is 23.9 Å². The zero-order chi connectivity index (χ0) is 21.3. The van der Waals surface area contributed by atoms with E-state index in [2.05, 4.69) is 5.32 Å². The minimum absolute atomic E-state index is 0.0247. The third kappa shape index (κ3) is 3.98. The third-order valence-corrected chi connectivity index (χ3v) is 6.84. The van der Waals surface area contributed by atoms with Crippen LogP contribution in [0.4, 0.5) is 5.69 Å². The second-order valence-electron chi connectivity index (χ2n) is 7.23. The summed E-state index contributed by atoms with van der Waals surface area (Å²) >= 11 is 0. The molecule has 8 heteroatoms. The van der Waals surface area contributed by atoms with Gasteiger partial charge in [0, 0.05) is 19.7 Å². The highest BCUT2D eigenvalue weighted by atomic mass is 32.2. The van der Waals surface area contributed by atoms with E-state index in [1.54, 1.807) is 38.4 Å². The van der Waals surface area contributed by atoms with Gasteiger partial charge in [0.1, 0.15) is 0 Å². The molecule has 0 saturated carbocycles. The second kappa shape index (κ2) is 7.87. The number of carbonyl (C=O) groups is 1. The topological polar surface area (TPSA) is 90.2 Å². The summed E-state index contributed by atoms with van der Waals surface area (Å²) in [6.07, 6.45) is 1.25. The molecular weight excluding hydrogens is 390 g/mol. The van der Waals surface area contributed by atoms with Crippen molar-refractivity contribution in [3.8, 4) is 0 Å². The molecule has 0 aliphatic carbocycles. The molecule has 0 spiro atoms. The number of carbonyl (C=O) groups excluding carboxylic acids is 1. The van der Waals surface area contributed by atoms with Gasteiger partial charge in [0.05, 0.1) is 27.4 Å². The number of benzene rings is 2. The predicted molar refractivity (Wildman–Crippen MR) is 114 cm³/mol. The molecule has 7 nitrogen and oxygen atoms in total. The highest BCUT2D eigenvalue weighted by Crippen LogP contribution is 2.29. The Morgan fingerprint density at radius 3 is 2.34 bits per heavy atom. The Labute approximate surface area is 169 Å². The first-order chi connectivity index (χ1) is 13.7. The number of unbranched alkanes of at least 4 members (excludes halogenated alkanes) is 1. The van der Waals surface area contributed by atoms with Crippen LogP contribution in [0.3, 0.4) is 0 Å². The van der Waals surface area contributed by atoms with Gasteiger partial charge in [0.2, 0.25) is 0 Å². The van der Waals surface area contributed by atoms with Gasteiger partial charge in [-0.25, -0.2) is 13.2 Å². The largest absolute Gasteiger partial charge is 0.328 e. The van der Waals surface area contributed by atoms with Crippen molar-refractivity contribution in [3.05, 3.63) is 58.0 Å². The van der Waals surface area contributed by atoms with Crippen LogP contribution in [0, 0.1) is 6.92 Å². The monoisotopic (exact) mass is 415 g/mol. The van der Waals surface area contributed by atoms with Gasteiger partial charge in [-0.05, 0) is 37.6 Å². The van der Waals surface area contributed by atoms with Gasteiger partial charge in [-0.15, -0.1) is 0 Å². The van der Waals surface area contributed by atoms with Gasteiger partial charge >= 0.3 is 5.69 Å². The zero-order valence-electron chi connectivity index (χ0n) is 17.0. The van der Waals surface area contributed by atoms with Crippen molar-refractivity contribution < 1.29 is 13.2 Å². The Morgan fingerprint density at radius 2 is 1.72 bits per heavy atom. The first kappa shape index (κ1) is 20.9. The highest BCUT2D eigenvalue weighted by molar-refractivity contribution is 7.91. The van der Waals surface area contributed by atoms with Crippen molar-refractivity contribution in [2.24, 2.45) is 14.1 Å². The fourth-order valence-electron chi connectivity index (χ4n) is 3.31. The Balaban J connectivity index is 2.17. The molecule has 0 unspecified atom stereocenters. The first-order valence-electron chi connectivity index (χ1n) is 9.46. The molecule has 0 radical (unpaired) electrons. The van der Waals surface area contributed by atoms with E-state index in [0.717, 1.165) is 12.0 Å². The molecular formula is C21H25N3O4S. The Hall–Kier alpha value is -2.87. The molecule has 0 aliphatic rings. The number of anilines is 1. The van der Waals surface area contributed by atoms with E-state index in [9.17, 15) is 18.0 Å². The van der Waals surface area contributed by atoms with Gasteiger partial charge in [-0.2, -0.15) is 0 Å². The highest BCUT2D eigenvalue weighted by Gasteiger charge is 2.23. The molecule has 3 aromatic rings. The number of fused-ring (bicyclic) bond motifs is 1. The van der Waals surface area contributed by atoms with Crippen LogP contribution in [0.1, 0.15) is 35.7 Å². The summed E-state index contributed by atoms with van der Waals surface area (Å²) in [4.78, 5) is 25.1. The maximum Gasteiger partial charge on any atom is 0.328 e. The van der Waals surface area contributed by atoms with E-state index in [1.165, 1.54) is 15.2 Å². The van der Waals surface area contributed by atoms with Crippen LogP contribution in [0.15, 0.2) is 46.1 Å². The quantitative estimate of drug-likeness (QED) is 0.670. The summed E-state index contributed by atoms with van der Waals surface area (Å²) in [6.45, 7) is 3.79. The SMILES string of the molecule is CCCCS(=O)(=O)c1cc2c(cc1NC(=O)c1cccc(C)c1)n(C)c(=O)n2C. The maximum atomic E-state index is 13.0. The van der Waals surface area contributed by atoms with Gasteiger partial charge in [0.15, 0.2) is 9.84 Å². The third-order valence-electron chi connectivity index (χ3n) is 5.00. The summed E-state index contributed by atoms with van der Waals surface area (Å²) in [5.41, 5.74) is 2.33. The number of nitrogens with one attached hydrogen (secondary N) is 1. The molecule has 1 N–H and O–H groups in total. The molecule has 2 aromatic carbocycles. The molecule has 1 heterocycles. The summed E-state index contributed by atoms with van der Waals surface area (Å²) in [5.74, 6) is -0.427. The summed E-state index contributed by atoms with van der Waals surface area (Å²) in [6, 6.07) is 10.1. The van der Waals surface area contributed by atoms with Crippen molar-refractivity contribution in [2.75, 3.05) is 11.1 Å². The Morgan fingerprint density at radius 1 is 1.07 bits per heavy atom. The van der Waals surface area contributed by atoms with Crippen LogP contribution < -0.4 is 11.0 Å². The number of imidazole rings is 1. The lowest BCUT2D eigenvalue weighted by atomic mass is 10.1. The van der Waals surface area contributed by atoms with Crippen LogP contribution in [0.2, 0.25) is 0 Å². The molecule has 1 amide bonds. The van der Waals surface area contributed by atoms with Crippen molar-refractivity contribution in [1.82, 2.24) is 9.13 Å². The Kier molecular flexibility index (Phi) is 5.66. The number of sulfone groups is 1. The lowest BCUT2D eigenvalue weighted by Crippen LogP contribution is -2.19. The molecule has 154 valence electrons. The van der Waals surface area contributed by atoms with Crippen LogP contribution >= 0.6 is 0 Å². The summed E-state index contributed by atoms with van der Waals surface area (Å²) in [7, 11) is -0.432. The van der Waals surface area contributed by atoms with Gasteiger partial charge in [-0.3, -0.25) is 13.9 Å². The second-order valence-corrected chi connectivity index (χ2v) is 9.31. The number of nitrogens with zero attached hydrogens (tertiary/aromatic N) is 2. The number of hydrogen-bond acceptors (Lipinski definition) is 4. The summed E-state index contributed by atoms with van der Waals surface area (Å²) in [5, 5.41) is 2.74. The molecule has 29 heavy (non-hydrogen) atoms. The standard InChI is InChI=1S/C21H25N3O4S/c1-5-6-10-29(27,28)19-13-18-17(23(3)21(26)24(18)4)12-16(19)22-20(25)15-9-7-8-14(2)11-15/h7-9,11-13H,5-6,10H2,1-4H3,(H,22,25). The normalized spacial score (nSPS) is 11.7. The first-order valence-corrected chi connectivity index (χ1v) is 11.1. The molecule has 0 bridgehead atoms. The number of hydrogen-bond donors (Lipinski definition) is 1. The average molecular weight is 416 g/mol. The molecule has 3 rings (SSSR count). The van der Waals surface area contributed by atoms with Crippen LogP contribution in [-0.4, -0.2) is 29.2 Å². The predicted octanol–water partition coefficient (Wildman–Crippen LogP) is 3.01. The van der Waals surface area contributed by atoms with E-state index in [1.807, 2.05) is 19.9 Å². The lowest BCUT2D eigenvalue weighted by Gasteiger charge is -2.13. The van der Waals surface area contributed by atoms with Gasteiger partial charge in [-0.1, -0.05) is 31.0 Å². The molecule has 0 aliphatic heterocycles. The van der Waals surface area contributed by atoms with Crippen molar-refractivity contribution in [1.29, 1.82) is 0 Å². The average Bonchev–Trinajstić information content (AvgIpc) is 2.89. The number of aryl methyl sites for hydroxylation is 3. The zero-order valence-corrected chi connectivity index (χ0v) is 17.8. The molecule has 0 saturated heterocycles. The van der Waals surface area contributed by atoms with Gasteiger partial charge < -0.3 is 5.32 Å². The smallest absolute Gasteiger partial charge is 0.321 e. The lowest BCUT2D eigenvalue weighted by molar-refractivity contribution is 0.102. The minimum atomic E-state index is -3.64. The minimum Gasteiger partial charge on any atom is -0.321 e. The van der Waals surface area contributed by atoms with Crippen LogP contribution in [0.25, 0.3) is 11.0 Å². The van der Waals surface area contributed by atoms with E-state index in [-0.39, 0.29) is 22.0 Å². The maximum absolute atomic E-state index is 13.0. The van der Waals surface area contributed by atoms with Crippen molar-refractivity contribution in [2.45, 2.75) is 31.6 Å². The van der Waals surface area contributed by atoms with E-state index >= 15 is 0 Å². The van der Waals surface area contributed by atoms with Crippen molar-refractivity contribution in [3.63, 3.8) is 0 Å². The fourth-order valence-corrected chi connectivity index (χ4v) is 4.93. The fraction of sp³-hybridized carbons (Fsp3) is 0.333. The molecule has 1 aromatic heterocycles. The summed E-state index contributed by atoms with van der Waals surface area (Å²) < 4.78 is 28.8. The number of amides is 1. The number of rotatable bonds is 6. The van der Waals surface area contributed by atoms with E-state index in [4.69, 9.17) is 0 Å². The van der Waals surface area contributed by atoms with Crippen LogP contribution in [0.5, 0.6) is 0 Å². The molecule has 0 fully saturated rings. The molecule has 0 atom stereocenters. The van der Waals surface area contributed by atoms with E-state index in [0.29, 0.717) is 23.0 Å². The van der Waals surface area contributed by atoms with Gasteiger partial charge in [0.25, 0.3) is 5.91 Å². The van der Waals surface area contributed by atoms with E-state index < -0.39 is 15.7 Å². The number of aromatic nitrogens is 2. The Bertz CT molecular complexity index is 1250.